The lowest BCUT2D eigenvalue weighted by Gasteiger charge is -2.12. The molecule has 0 aromatic rings. The molecule has 0 amide bonds. The van der Waals surface area contributed by atoms with Crippen molar-refractivity contribution in [1.29, 1.82) is 0 Å². The second kappa shape index (κ2) is 4.31. The second-order valence-corrected chi connectivity index (χ2v) is 2.70. The molecule has 1 aliphatic carbocycles. The van der Waals surface area contributed by atoms with Crippen LogP contribution in [0, 0.1) is 0 Å². The first kappa shape index (κ1) is 7.58. The monoisotopic (exact) mass is 141 g/mol. The molecular weight excluding hydrogens is 126 g/mol. The van der Waals surface area contributed by atoms with Crippen molar-refractivity contribution in [2.45, 2.75) is 39.0 Å². The highest BCUT2D eigenvalue weighted by Crippen LogP contribution is 2.14. The Balaban J connectivity index is 1.93. The number of unbranched alkanes of at least 4 members (excludes halogenated alkanes) is 1. The van der Waals surface area contributed by atoms with E-state index in [1.54, 1.807) is 0 Å². The molecule has 0 aromatic heterocycles. The molecule has 1 saturated carbocycles. The topological polar surface area (TPSA) is 21.6 Å². The summed E-state index contributed by atoms with van der Waals surface area (Å²) in [6.07, 6.45) is 5.93. The molecule has 58 valence electrons. The van der Waals surface area contributed by atoms with Gasteiger partial charge in [0.25, 0.3) is 0 Å². The van der Waals surface area contributed by atoms with Gasteiger partial charge in [-0.15, -0.1) is 0 Å². The van der Waals surface area contributed by atoms with E-state index >= 15 is 0 Å². The summed E-state index contributed by atoms with van der Waals surface area (Å²) in [5.74, 6) is 0. The van der Waals surface area contributed by atoms with Crippen molar-refractivity contribution in [3.05, 3.63) is 0 Å². The summed E-state index contributed by atoms with van der Waals surface area (Å²) in [6, 6.07) is 0. The molecule has 1 fully saturated rings. The van der Waals surface area contributed by atoms with E-state index < -0.39 is 0 Å². The fraction of sp³-hybridized carbons (Fsp3) is 0.875. The quantitative estimate of drug-likeness (QED) is 0.435. The fourth-order valence-corrected chi connectivity index (χ4v) is 0.772. The van der Waals surface area contributed by atoms with Crippen molar-refractivity contribution < 1.29 is 4.84 Å². The zero-order chi connectivity index (χ0) is 7.23. The van der Waals surface area contributed by atoms with Crippen LogP contribution in [0.1, 0.15) is 39.0 Å². The van der Waals surface area contributed by atoms with Gasteiger partial charge in [-0.1, -0.05) is 18.5 Å². The summed E-state index contributed by atoms with van der Waals surface area (Å²) >= 11 is 0. The van der Waals surface area contributed by atoms with Gasteiger partial charge in [-0.25, -0.2) is 0 Å². The van der Waals surface area contributed by atoms with Crippen LogP contribution in [-0.4, -0.2) is 12.3 Å². The van der Waals surface area contributed by atoms with Gasteiger partial charge in [-0.2, -0.15) is 0 Å². The van der Waals surface area contributed by atoms with Gasteiger partial charge in [-0.05, 0) is 25.7 Å². The molecule has 0 N–H and O–H groups in total. The standard InChI is InChI=1S/C8H15NO/c1-2-3-7-10-9-8-5-4-6-8/h2-7H2,1H3. The number of hydrogen-bond donors (Lipinski definition) is 0. The van der Waals surface area contributed by atoms with Crippen LogP contribution >= 0.6 is 0 Å². The number of oxime groups is 1. The maximum atomic E-state index is 5.07. The van der Waals surface area contributed by atoms with Gasteiger partial charge >= 0.3 is 0 Å². The van der Waals surface area contributed by atoms with Gasteiger partial charge in [0.15, 0.2) is 0 Å². The van der Waals surface area contributed by atoms with Crippen molar-refractivity contribution in [3.63, 3.8) is 0 Å². The zero-order valence-electron chi connectivity index (χ0n) is 6.60. The smallest absolute Gasteiger partial charge is 0.117 e. The molecule has 0 spiro atoms. The molecule has 0 heterocycles. The fourth-order valence-electron chi connectivity index (χ4n) is 0.772. The van der Waals surface area contributed by atoms with E-state index in [4.69, 9.17) is 4.84 Å². The normalized spacial score (nSPS) is 16.3. The average Bonchev–Trinajstić information content (AvgIpc) is 1.84. The molecule has 1 aliphatic rings. The number of rotatable bonds is 4. The Morgan fingerprint density at radius 1 is 1.50 bits per heavy atom. The molecule has 10 heavy (non-hydrogen) atoms. The largest absolute Gasteiger partial charge is 0.396 e. The zero-order valence-corrected chi connectivity index (χ0v) is 6.60. The van der Waals surface area contributed by atoms with Gasteiger partial charge in [0.05, 0.1) is 5.71 Å². The summed E-state index contributed by atoms with van der Waals surface area (Å²) in [6.45, 7) is 2.94. The highest BCUT2D eigenvalue weighted by atomic mass is 16.6. The molecule has 0 unspecified atom stereocenters. The van der Waals surface area contributed by atoms with Crippen LogP contribution in [0.25, 0.3) is 0 Å². The van der Waals surface area contributed by atoms with E-state index in [1.165, 1.54) is 18.6 Å². The first-order chi connectivity index (χ1) is 4.93. The third kappa shape index (κ3) is 2.38. The van der Waals surface area contributed by atoms with Gasteiger partial charge in [0, 0.05) is 0 Å². The van der Waals surface area contributed by atoms with Crippen LogP contribution in [0.4, 0.5) is 0 Å². The van der Waals surface area contributed by atoms with Gasteiger partial charge in [0.1, 0.15) is 6.61 Å². The van der Waals surface area contributed by atoms with Gasteiger partial charge < -0.3 is 4.84 Å². The van der Waals surface area contributed by atoms with E-state index in [-0.39, 0.29) is 0 Å². The summed E-state index contributed by atoms with van der Waals surface area (Å²) in [5.41, 5.74) is 1.25. The summed E-state index contributed by atoms with van der Waals surface area (Å²) in [5, 5.41) is 3.98. The summed E-state index contributed by atoms with van der Waals surface area (Å²) in [4.78, 5) is 5.07. The lowest BCUT2D eigenvalue weighted by atomic mass is 9.98. The van der Waals surface area contributed by atoms with Crippen LogP contribution in [0.2, 0.25) is 0 Å². The molecule has 1 rings (SSSR count). The Morgan fingerprint density at radius 3 is 2.80 bits per heavy atom. The maximum absolute atomic E-state index is 5.07. The van der Waals surface area contributed by atoms with Gasteiger partial charge in [-0.3, -0.25) is 0 Å². The minimum absolute atomic E-state index is 0.792. The lowest BCUT2D eigenvalue weighted by Crippen LogP contribution is -2.10. The molecule has 0 atom stereocenters. The Labute approximate surface area is 62.3 Å². The molecule has 2 heteroatoms. The first-order valence-corrected chi connectivity index (χ1v) is 4.11. The lowest BCUT2D eigenvalue weighted by molar-refractivity contribution is 0.138. The molecule has 0 radical (unpaired) electrons. The van der Waals surface area contributed by atoms with Crippen LogP contribution in [-0.2, 0) is 4.84 Å². The highest BCUT2D eigenvalue weighted by molar-refractivity contribution is 5.88. The predicted molar refractivity (Wildman–Crippen MR) is 42.1 cm³/mol. The summed E-state index contributed by atoms with van der Waals surface area (Å²) < 4.78 is 0. The summed E-state index contributed by atoms with van der Waals surface area (Å²) in [7, 11) is 0. The minimum Gasteiger partial charge on any atom is -0.396 e. The van der Waals surface area contributed by atoms with E-state index in [0.717, 1.165) is 25.9 Å². The third-order valence-corrected chi connectivity index (χ3v) is 1.71. The molecule has 0 aromatic carbocycles. The van der Waals surface area contributed by atoms with Crippen LogP contribution in [0.5, 0.6) is 0 Å². The molecule has 0 aliphatic heterocycles. The third-order valence-electron chi connectivity index (χ3n) is 1.71. The minimum atomic E-state index is 0.792. The number of nitrogens with zero attached hydrogens (tertiary/aromatic N) is 1. The number of hydrogen-bond acceptors (Lipinski definition) is 2. The van der Waals surface area contributed by atoms with E-state index in [9.17, 15) is 0 Å². The van der Waals surface area contributed by atoms with Crippen molar-refractivity contribution in [2.75, 3.05) is 6.61 Å². The highest BCUT2D eigenvalue weighted by Gasteiger charge is 2.09. The Morgan fingerprint density at radius 2 is 2.30 bits per heavy atom. The Bertz CT molecular complexity index is 114. The van der Waals surface area contributed by atoms with Gasteiger partial charge in [0.2, 0.25) is 0 Å². The SMILES string of the molecule is CCCCON=C1CCC1. The van der Waals surface area contributed by atoms with E-state index in [2.05, 4.69) is 12.1 Å². The van der Waals surface area contributed by atoms with Crippen molar-refractivity contribution in [2.24, 2.45) is 5.16 Å². The second-order valence-electron chi connectivity index (χ2n) is 2.70. The van der Waals surface area contributed by atoms with E-state index in [1.807, 2.05) is 0 Å². The Kier molecular flexibility index (Phi) is 3.27. The molecular formula is C8H15NO. The predicted octanol–water partition coefficient (Wildman–Crippen LogP) is 2.34. The maximum Gasteiger partial charge on any atom is 0.117 e. The molecule has 0 saturated heterocycles. The molecule has 0 bridgehead atoms. The van der Waals surface area contributed by atoms with Crippen molar-refractivity contribution >= 4 is 5.71 Å². The van der Waals surface area contributed by atoms with Crippen molar-refractivity contribution in [3.8, 4) is 0 Å². The van der Waals surface area contributed by atoms with Crippen molar-refractivity contribution in [1.82, 2.24) is 0 Å². The van der Waals surface area contributed by atoms with E-state index in [0.29, 0.717) is 0 Å². The van der Waals surface area contributed by atoms with Crippen LogP contribution in [0.3, 0.4) is 0 Å². The van der Waals surface area contributed by atoms with Crippen LogP contribution in [0.15, 0.2) is 5.16 Å². The van der Waals surface area contributed by atoms with Crippen LogP contribution < -0.4 is 0 Å². The Hall–Kier alpha value is -0.530. The first-order valence-electron chi connectivity index (χ1n) is 4.11. The molecule has 2 nitrogen and oxygen atoms in total. The average molecular weight is 141 g/mol.